The molecule has 10 heteroatoms. The van der Waals surface area contributed by atoms with E-state index in [0.29, 0.717) is 12.8 Å². The van der Waals surface area contributed by atoms with E-state index in [1.165, 1.54) is 64.2 Å². The Morgan fingerprint density at radius 3 is 1.68 bits per heavy atom. The van der Waals surface area contributed by atoms with E-state index in [0.717, 1.165) is 51.4 Å². The molecule has 274 valence electrons. The highest BCUT2D eigenvalue weighted by Gasteiger charge is 2.25. The fourth-order valence-corrected chi connectivity index (χ4v) is 5.52. The molecule has 0 amide bonds. The van der Waals surface area contributed by atoms with E-state index < -0.39 is 32.5 Å². The van der Waals surface area contributed by atoms with Crippen LogP contribution in [0.15, 0.2) is 36.5 Å². The summed E-state index contributed by atoms with van der Waals surface area (Å²) in [6.07, 6.45) is 34.6. The minimum atomic E-state index is -4.37. The molecule has 0 aromatic heterocycles. The van der Waals surface area contributed by atoms with E-state index in [1.54, 1.807) is 0 Å². The van der Waals surface area contributed by atoms with Crippen LogP contribution in [0.3, 0.4) is 0 Å². The lowest BCUT2D eigenvalue weighted by Crippen LogP contribution is -2.29. The highest BCUT2D eigenvalue weighted by molar-refractivity contribution is 7.47. The highest BCUT2D eigenvalue weighted by Crippen LogP contribution is 2.43. The van der Waals surface area contributed by atoms with E-state index in [9.17, 15) is 19.0 Å². The summed E-state index contributed by atoms with van der Waals surface area (Å²) in [5.74, 6) is -0.876. The molecule has 0 aromatic carbocycles. The lowest BCUT2D eigenvalue weighted by molar-refractivity contribution is -0.161. The average molecular weight is 686 g/mol. The van der Waals surface area contributed by atoms with Crippen molar-refractivity contribution in [3.8, 4) is 0 Å². The Labute approximate surface area is 286 Å². The number of unbranched alkanes of at least 4 members (excludes halogenated alkanes) is 15. The number of carbonyl (C=O) groups is 2. The number of allylic oxidation sites excluding steroid dienone is 6. The predicted octanol–water partition coefficient (Wildman–Crippen LogP) is 9.82. The van der Waals surface area contributed by atoms with Crippen molar-refractivity contribution in [3.63, 3.8) is 0 Å². The van der Waals surface area contributed by atoms with Gasteiger partial charge in [0.05, 0.1) is 13.2 Å². The van der Waals surface area contributed by atoms with Crippen molar-refractivity contribution >= 4 is 19.8 Å². The van der Waals surface area contributed by atoms with E-state index in [-0.39, 0.29) is 32.6 Å². The Kier molecular flexibility index (Phi) is 32.8. The molecule has 0 saturated heterocycles. The number of phosphoric ester groups is 1. The minimum Gasteiger partial charge on any atom is -0.462 e. The third-order valence-corrected chi connectivity index (χ3v) is 8.51. The molecule has 1 unspecified atom stereocenters. The highest BCUT2D eigenvalue weighted by atomic mass is 31.2. The van der Waals surface area contributed by atoms with Gasteiger partial charge in [0.2, 0.25) is 0 Å². The topological polar surface area (TPSA) is 134 Å². The second-order valence-electron chi connectivity index (χ2n) is 12.1. The van der Waals surface area contributed by atoms with Crippen LogP contribution >= 0.6 is 7.82 Å². The lowest BCUT2D eigenvalue weighted by atomic mass is 10.1. The molecule has 0 aromatic rings. The Morgan fingerprint density at radius 1 is 0.638 bits per heavy atom. The summed E-state index contributed by atoms with van der Waals surface area (Å²) in [6.45, 7) is 3.63. The summed E-state index contributed by atoms with van der Waals surface area (Å²) < 4.78 is 32.5. The second-order valence-corrected chi connectivity index (χ2v) is 13.5. The summed E-state index contributed by atoms with van der Waals surface area (Å²) in [4.78, 5) is 34.6. The zero-order chi connectivity index (χ0) is 34.7. The van der Waals surface area contributed by atoms with Crippen LogP contribution in [0.25, 0.3) is 0 Å². The van der Waals surface area contributed by atoms with Crippen molar-refractivity contribution in [3.05, 3.63) is 36.5 Å². The van der Waals surface area contributed by atoms with Gasteiger partial charge in [-0.2, -0.15) is 0 Å². The molecule has 0 radical (unpaired) electrons. The first-order valence-corrected chi connectivity index (χ1v) is 20.0. The molecule has 0 saturated carbocycles. The molecular weight excluding hydrogens is 617 g/mol. The van der Waals surface area contributed by atoms with Gasteiger partial charge in [-0.05, 0) is 51.4 Å². The number of nitrogens with two attached hydrogens (primary N) is 1. The summed E-state index contributed by atoms with van der Waals surface area (Å²) >= 11 is 0. The van der Waals surface area contributed by atoms with E-state index in [2.05, 4.69) is 50.3 Å². The molecule has 3 N–H and O–H groups in total. The summed E-state index contributed by atoms with van der Waals surface area (Å²) in [5, 5.41) is 0. The quantitative estimate of drug-likeness (QED) is 0.0294. The van der Waals surface area contributed by atoms with E-state index in [4.69, 9.17) is 24.3 Å². The second kappa shape index (κ2) is 34.1. The summed E-state index contributed by atoms with van der Waals surface area (Å²) in [7, 11) is -4.37. The van der Waals surface area contributed by atoms with Crippen molar-refractivity contribution in [2.75, 3.05) is 26.4 Å². The molecule has 0 rings (SSSR count). The number of ether oxygens (including phenoxy) is 2. The van der Waals surface area contributed by atoms with Gasteiger partial charge in [0.1, 0.15) is 6.61 Å². The molecule has 0 spiro atoms. The van der Waals surface area contributed by atoms with Crippen LogP contribution in [0.2, 0.25) is 0 Å². The maximum atomic E-state index is 12.5. The first-order chi connectivity index (χ1) is 22.8. The standard InChI is InChI=1S/C37H68NO8P/c1-3-5-7-9-11-13-15-16-17-18-20-21-23-25-27-29-36(39)43-33-35(34-45-47(41,42)44-32-31-38)46-37(40)30-28-26-24-22-19-14-12-10-8-6-4-2/h11,13,16-17,20-21,35H,3-10,12,14-15,18-19,22-34,38H2,1-2H3,(H,41,42)/b13-11-,17-16-,21-20-/t35-/m1/s1. The maximum Gasteiger partial charge on any atom is 0.472 e. The van der Waals surface area contributed by atoms with Crippen molar-refractivity contribution in [1.82, 2.24) is 0 Å². The molecule has 9 nitrogen and oxygen atoms in total. The zero-order valence-electron chi connectivity index (χ0n) is 29.8. The third-order valence-electron chi connectivity index (χ3n) is 7.53. The molecule has 0 aliphatic heterocycles. The van der Waals surface area contributed by atoms with Crippen molar-refractivity contribution in [1.29, 1.82) is 0 Å². The van der Waals surface area contributed by atoms with Crippen LogP contribution < -0.4 is 5.73 Å². The van der Waals surface area contributed by atoms with Crippen LogP contribution in [-0.4, -0.2) is 49.3 Å². The number of hydrogen-bond donors (Lipinski definition) is 2. The minimum absolute atomic E-state index is 0.0485. The Bertz CT molecular complexity index is 876. The normalized spacial score (nSPS) is 13.9. The number of hydrogen-bond acceptors (Lipinski definition) is 8. The number of rotatable bonds is 34. The van der Waals surface area contributed by atoms with Gasteiger partial charge in [0.25, 0.3) is 0 Å². The first-order valence-electron chi connectivity index (χ1n) is 18.5. The van der Waals surface area contributed by atoms with Crippen LogP contribution in [-0.2, 0) is 32.7 Å². The van der Waals surface area contributed by atoms with Gasteiger partial charge in [-0.1, -0.05) is 127 Å². The van der Waals surface area contributed by atoms with Crippen molar-refractivity contribution in [2.45, 2.75) is 161 Å². The molecule has 2 atom stereocenters. The average Bonchev–Trinajstić information content (AvgIpc) is 3.05. The largest absolute Gasteiger partial charge is 0.472 e. The van der Waals surface area contributed by atoms with Gasteiger partial charge in [-0.3, -0.25) is 18.6 Å². The SMILES string of the molecule is CCCCC/C=C\C/C=C\C/C=C\CCCCC(=O)OC[C@H](COP(=O)(O)OCCN)OC(=O)CCCCCCCCCCCCC. The molecule has 0 heterocycles. The first kappa shape index (κ1) is 45.2. The van der Waals surface area contributed by atoms with Crippen molar-refractivity contribution in [2.24, 2.45) is 5.73 Å². The number of carbonyl (C=O) groups excluding carboxylic acids is 2. The van der Waals surface area contributed by atoms with Gasteiger partial charge in [-0.15, -0.1) is 0 Å². The molecule has 0 fully saturated rings. The fraction of sp³-hybridized carbons (Fsp3) is 0.784. The molecule has 0 bridgehead atoms. The Hall–Kier alpha value is -1.77. The molecule has 0 aliphatic rings. The monoisotopic (exact) mass is 685 g/mol. The summed E-state index contributed by atoms with van der Waals surface area (Å²) in [6, 6.07) is 0. The van der Waals surface area contributed by atoms with Crippen molar-refractivity contribution < 1.29 is 37.6 Å². The summed E-state index contributed by atoms with van der Waals surface area (Å²) in [5.41, 5.74) is 5.32. The van der Waals surface area contributed by atoms with Gasteiger partial charge in [0, 0.05) is 19.4 Å². The predicted molar refractivity (Wildman–Crippen MR) is 192 cm³/mol. The van der Waals surface area contributed by atoms with Gasteiger partial charge >= 0.3 is 19.8 Å². The Balaban J connectivity index is 4.31. The fourth-order valence-electron chi connectivity index (χ4n) is 4.76. The van der Waals surface area contributed by atoms with Gasteiger partial charge in [0.15, 0.2) is 6.10 Å². The molecule has 47 heavy (non-hydrogen) atoms. The Morgan fingerprint density at radius 2 is 1.11 bits per heavy atom. The molecule has 0 aliphatic carbocycles. The maximum absolute atomic E-state index is 12.5. The van der Waals surface area contributed by atoms with Crippen LogP contribution in [0.4, 0.5) is 0 Å². The molecular formula is C37H68NO8P. The lowest BCUT2D eigenvalue weighted by Gasteiger charge is -2.19. The van der Waals surface area contributed by atoms with Gasteiger partial charge in [-0.25, -0.2) is 4.57 Å². The van der Waals surface area contributed by atoms with Gasteiger partial charge < -0.3 is 20.1 Å². The van der Waals surface area contributed by atoms with Crippen LogP contribution in [0, 0.1) is 0 Å². The number of phosphoric acid groups is 1. The van der Waals surface area contributed by atoms with E-state index >= 15 is 0 Å². The number of esters is 2. The van der Waals surface area contributed by atoms with Crippen LogP contribution in [0.1, 0.15) is 155 Å². The smallest absolute Gasteiger partial charge is 0.462 e. The van der Waals surface area contributed by atoms with E-state index in [1.807, 2.05) is 0 Å². The third kappa shape index (κ3) is 33.9. The van der Waals surface area contributed by atoms with Crippen LogP contribution in [0.5, 0.6) is 0 Å². The zero-order valence-corrected chi connectivity index (χ0v) is 30.7.